The van der Waals surface area contributed by atoms with Crippen molar-refractivity contribution in [3.8, 4) is 0 Å². The van der Waals surface area contributed by atoms with E-state index in [-0.39, 0.29) is 0 Å². The van der Waals surface area contributed by atoms with Gasteiger partial charge in [0, 0.05) is 5.22 Å². The van der Waals surface area contributed by atoms with Crippen molar-refractivity contribution in [3.63, 3.8) is 0 Å². The summed E-state index contributed by atoms with van der Waals surface area (Å²) in [7, 11) is 0. The number of nitrogens with two attached hydrogens (primary N) is 1. The summed E-state index contributed by atoms with van der Waals surface area (Å²) in [6.45, 7) is 0. The topological polar surface area (TPSA) is 118 Å². The quantitative estimate of drug-likeness (QED) is 0.159. The molecular formula is CH3N5O2. The molecule has 0 aromatic rings. The smallest absolute Gasteiger partial charge is 0.390 e. The average Bonchev–Trinajstić information content (AvgIpc) is 1.67. The molecule has 44 valence electrons. The molecule has 0 atom stereocenters. The zero-order valence-corrected chi connectivity index (χ0v) is 3.74. The third-order valence-corrected chi connectivity index (χ3v) is 0.340. The first-order chi connectivity index (χ1) is 3.68. The fourth-order valence-corrected chi connectivity index (χ4v) is 0.0877. The molecule has 8 heavy (non-hydrogen) atoms. The average molecular weight is 117 g/mol. The number of nitrogens with zero attached hydrogens (tertiary/aromatic N) is 3. The Kier molecular flexibility index (Phi) is 2.11. The van der Waals surface area contributed by atoms with Crippen LogP contribution < -0.4 is 5.73 Å². The Morgan fingerprint density at radius 2 is 2.38 bits per heavy atom. The summed E-state index contributed by atoms with van der Waals surface area (Å²) >= 11 is 0. The largest absolute Gasteiger partial charge is 0.449 e. The second-order valence-electron chi connectivity index (χ2n) is 0.815. The molecule has 0 rings (SSSR count). The van der Waals surface area contributed by atoms with E-state index in [0.717, 1.165) is 0 Å². The molecule has 7 heteroatoms. The van der Waals surface area contributed by atoms with Crippen molar-refractivity contribution in [2.24, 2.45) is 16.1 Å². The number of nitro groups is 1. The Hall–Kier alpha value is -1.53. The van der Waals surface area contributed by atoms with E-state index in [9.17, 15) is 10.1 Å². The van der Waals surface area contributed by atoms with Crippen LogP contribution >= 0.6 is 0 Å². The van der Waals surface area contributed by atoms with Gasteiger partial charge in [-0.1, -0.05) is 0 Å². The molecule has 0 aliphatic heterocycles. The minimum absolute atomic E-state index is 0.875. The molecule has 0 saturated carbocycles. The molecule has 0 heterocycles. The van der Waals surface area contributed by atoms with E-state index in [0.29, 0.717) is 0 Å². The Morgan fingerprint density at radius 1 is 1.88 bits per heavy atom. The molecule has 0 aliphatic rings. The van der Waals surface area contributed by atoms with Crippen LogP contribution in [0.1, 0.15) is 0 Å². The van der Waals surface area contributed by atoms with Crippen molar-refractivity contribution in [2.75, 3.05) is 0 Å². The summed E-state index contributed by atoms with van der Waals surface area (Å²) in [5.41, 5.74) is 10.5. The van der Waals surface area contributed by atoms with E-state index in [1.54, 1.807) is 0 Å². The Morgan fingerprint density at radius 3 is 2.50 bits per heavy atom. The molecule has 7 nitrogen and oxygen atoms in total. The van der Waals surface area contributed by atoms with Gasteiger partial charge >= 0.3 is 5.96 Å². The minimum atomic E-state index is -0.933. The normalized spacial score (nSPS) is 10.8. The van der Waals surface area contributed by atoms with Crippen molar-refractivity contribution >= 4 is 5.96 Å². The lowest BCUT2D eigenvalue weighted by atomic mass is 11.1. The third kappa shape index (κ3) is 1.80. The van der Waals surface area contributed by atoms with E-state index in [1.165, 1.54) is 0 Å². The predicted molar refractivity (Wildman–Crippen MR) is 23.8 cm³/mol. The fraction of sp³-hybridized carbons (Fsp3) is 0. The van der Waals surface area contributed by atoms with Gasteiger partial charge in [0.15, 0.2) is 0 Å². The van der Waals surface area contributed by atoms with Crippen LogP contribution in [-0.4, -0.2) is 10.9 Å². The number of hydrogen-bond donors (Lipinski definition) is 2. The van der Waals surface area contributed by atoms with Crippen LogP contribution in [0.4, 0.5) is 0 Å². The Balaban J connectivity index is 3.99. The number of rotatable bonds is 1. The highest BCUT2D eigenvalue weighted by Crippen LogP contribution is 1.70. The highest BCUT2D eigenvalue weighted by molar-refractivity contribution is 5.68. The van der Waals surface area contributed by atoms with Crippen molar-refractivity contribution in [1.82, 2.24) is 0 Å². The van der Waals surface area contributed by atoms with Gasteiger partial charge in [0.25, 0.3) is 0 Å². The van der Waals surface area contributed by atoms with Gasteiger partial charge in [0.05, 0.1) is 5.10 Å². The molecule has 0 spiro atoms. The molecule has 0 aromatic heterocycles. The summed E-state index contributed by atoms with van der Waals surface area (Å²) in [5.74, 6) is -0.875. The maximum Gasteiger partial charge on any atom is 0.449 e. The lowest BCUT2D eigenvalue weighted by Gasteiger charge is -1.85. The number of hydrogen-bond acceptors (Lipinski definition) is 4. The highest BCUT2D eigenvalue weighted by atomic mass is 16.6. The van der Waals surface area contributed by atoms with E-state index >= 15 is 0 Å². The highest BCUT2D eigenvalue weighted by Gasteiger charge is 1.99. The van der Waals surface area contributed by atoms with Gasteiger partial charge in [-0.3, -0.25) is 5.73 Å². The van der Waals surface area contributed by atoms with E-state index in [1.807, 2.05) is 0 Å². The second kappa shape index (κ2) is 2.61. The second-order valence-corrected chi connectivity index (χ2v) is 0.815. The number of nitrogens with one attached hydrogen (secondary N) is 1. The van der Waals surface area contributed by atoms with Gasteiger partial charge in [-0.15, -0.1) is 0 Å². The van der Waals surface area contributed by atoms with Crippen molar-refractivity contribution in [2.45, 2.75) is 0 Å². The lowest BCUT2D eigenvalue weighted by molar-refractivity contribution is -0.352. The molecular weight excluding hydrogens is 114 g/mol. The van der Waals surface area contributed by atoms with Crippen molar-refractivity contribution < 1.29 is 4.92 Å². The number of guanidine groups is 1. The molecule has 0 aliphatic carbocycles. The summed E-state index contributed by atoms with van der Waals surface area (Å²) in [5, 5.41) is 14.4. The standard InChI is InChI=1S/CH3N5O2/c2-1(4-5-3)6(7)8/h(H3,2,3,4). The van der Waals surface area contributed by atoms with Crippen LogP contribution in [0.3, 0.4) is 0 Å². The molecule has 0 fully saturated rings. The van der Waals surface area contributed by atoms with Crippen LogP contribution in [0, 0.1) is 15.6 Å². The summed E-state index contributed by atoms with van der Waals surface area (Å²) in [4.78, 5) is 8.56. The van der Waals surface area contributed by atoms with Gasteiger partial charge in [-0.05, 0) is 4.92 Å². The molecule has 0 saturated heterocycles. The van der Waals surface area contributed by atoms with E-state index in [2.05, 4.69) is 16.1 Å². The molecule has 3 N–H and O–H groups in total. The lowest BCUT2D eigenvalue weighted by Crippen LogP contribution is -2.21. The van der Waals surface area contributed by atoms with Gasteiger partial charge in [0.1, 0.15) is 0 Å². The fourth-order valence-electron chi connectivity index (χ4n) is 0.0877. The Bertz CT molecular complexity index is 137. The summed E-state index contributed by atoms with van der Waals surface area (Å²) in [6, 6.07) is 0. The molecule has 0 amide bonds. The first kappa shape index (κ1) is 6.47. The first-order valence-corrected chi connectivity index (χ1v) is 1.52. The maximum absolute atomic E-state index is 9.50. The third-order valence-electron chi connectivity index (χ3n) is 0.340. The predicted octanol–water partition coefficient (Wildman–Crippen LogP) is -0.476. The zero-order chi connectivity index (χ0) is 6.57. The maximum atomic E-state index is 9.50. The zero-order valence-electron chi connectivity index (χ0n) is 3.74. The monoisotopic (exact) mass is 117 g/mol. The van der Waals surface area contributed by atoms with Crippen molar-refractivity contribution in [1.29, 1.82) is 5.53 Å². The SMILES string of the molecule is N=NN=C(N)[N+](=O)[O-]. The van der Waals surface area contributed by atoms with Crippen LogP contribution in [0.5, 0.6) is 0 Å². The van der Waals surface area contributed by atoms with Gasteiger partial charge in [0.2, 0.25) is 0 Å². The van der Waals surface area contributed by atoms with Gasteiger partial charge in [-0.2, -0.15) is 5.53 Å². The molecule has 0 aromatic carbocycles. The van der Waals surface area contributed by atoms with Gasteiger partial charge < -0.3 is 10.1 Å². The van der Waals surface area contributed by atoms with Crippen LogP contribution in [0.2, 0.25) is 0 Å². The molecule has 0 radical (unpaired) electrons. The summed E-state index contributed by atoms with van der Waals surface area (Å²) in [6.07, 6.45) is 0. The van der Waals surface area contributed by atoms with Crippen molar-refractivity contribution in [3.05, 3.63) is 10.1 Å². The summed E-state index contributed by atoms with van der Waals surface area (Å²) < 4.78 is 0. The minimum Gasteiger partial charge on any atom is -0.390 e. The Labute approximate surface area is 43.8 Å². The van der Waals surface area contributed by atoms with Crippen LogP contribution in [0.15, 0.2) is 10.3 Å². The van der Waals surface area contributed by atoms with Crippen LogP contribution in [0.25, 0.3) is 0 Å². The van der Waals surface area contributed by atoms with Gasteiger partial charge in [-0.25, -0.2) is 0 Å². The van der Waals surface area contributed by atoms with E-state index in [4.69, 9.17) is 5.53 Å². The van der Waals surface area contributed by atoms with Crippen LogP contribution in [-0.2, 0) is 0 Å². The first-order valence-electron chi connectivity index (χ1n) is 1.52. The van der Waals surface area contributed by atoms with E-state index < -0.39 is 10.9 Å². The molecule has 0 unspecified atom stereocenters. The molecule has 0 bridgehead atoms.